The molecule has 4 rings (SSSR count). The summed E-state index contributed by atoms with van der Waals surface area (Å²) in [7, 11) is 1.53. The van der Waals surface area contributed by atoms with Crippen LogP contribution in [0.4, 0.5) is 5.95 Å². The number of nitrogens with zero attached hydrogens (tertiary/aromatic N) is 5. The number of nitrogens with two attached hydrogens (primary N) is 1. The number of halogens is 1. The zero-order valence-electron chi connectivity index (χ0n) is 18.9. The summed E-state index contributed by atoms with van der Waals surface area (Å²) in [5.74, 6) is 5.14. The smallest absolute Gasteiger partial charge is 0.336 e. The molecule has 178 valence electrons. The van der Waals surface area contributed by atoms with Gasteiger partial charge < -0.3 is 15.7 Å². The number of carboxylic acid groups (broad SMARTS) is 1. The molecule has 0 radical (unpaired) electrons. The second kappa shape index (κ2) is 9.37. The number of hydrogen-bond acceptors (Lipinski definition) is 6. The topological polar surface area (TPSA) is 128 Å². The highest BCUT2D eigenvalue weighted by Gasteiger charge is 2.26. The average Bonchev–Trinajstić information content (AvgIpc) is 3.19. The summed E-state index contributed by atoms with van der Waals surface area (Å²) in [6, 6.07) is 4.40. The maximum atomic E-state index is 13.6. The second-order valence-electron chi connectivity index (χ2n) is 8.25. The van der Waals surface area contributed by atoms with Gasteiger partial charge in [0.15, 0.2) is 11.2 Å². The van der Waals surface area contributed by atoms with E-state index in [9.17, 15) is 19.5 Å². The summed E-state index contributed by atoms with van der Waals surface area (Å²) in [5.41, 5.74) is 5.50. The first-order chi connectivity index (χ1) is 16.2. The van der Waals surface area contributed by atoms with E-state index in [-0.39, 0.29) is 46.4 Å². The molecule has 0 unspecified atom stereocenters. The Morgan fingerprint density at radius 1 is 1.32 bits per heavy atom. The van der Waals surface area contributed by atoms with Gasteiger partial charge in [0.25, 0.3) is 5.56 Å². The molecule has 0 amide bonds. The van der Waals surface area contributed by atoms with Crippen LogP contribution in [-0.2, 0) is 20.1 Å². The Bertz CT molecular complexity index is 1460. The number of benzene rings is 1. The molecule has 1 aliphatic rings. The molecule has 10 nitrogen and oxygen atoms in total. The van der Waals surface area contributed by atoms with Crippen molar-refractivity contribution in [1.82, 2.24) is 18.7 Å². The third-order valence-electron chi connectivity index (χ3n) is 6.03. The third kappa shape index (κ3) is 4.08. The van der Waals surface area contributed by atoms with Crippen LogP contribution in [0.2, 0.25) is 5.02 Å². The SMILES string of the molecule is CC#CCn1c(N2CCC[C@@H](N)C2)nc2c1c(=O)n(Cc1c(Cl)cccc1C(=O)O)c(=O)n2C. The van der Waals surface area contributed by atoms with E-state index >= 15 is 0 Å². The van der Waals surface area contributed by atoms with Crippen molar-refractivity contribution in [1.29, 1.82) is 0 Å². The number of fused-ring (bicyclic) bond motifs is 1. The van der Waals surface area contributed by atoms with E-state index in [1.165, 1.54) is 29.8 Å². The highest BCUT2D eigenvalue weighted by atomic mass is 35.5. The van der Waals surface area contributed by atoms with Crippen molar-refractivity contribution in [3.63, 3.8) is 0 Å². The number of hydrogen-bond donors (Lipinski definition) is 2. The molecule has 0 bridgehead atoms. The number of anilines is 1. The fourth-order valence-corrected chi connectivity index (χ4v) is 4.55. The first-order valence-corrected chi connectivity index (χ1v) is 11.2. The average molecular weight is 485 g/mol. The number of carboxylic acids is 1. The van der Waals surface area contributed by atoms with E-state index in [2.05, 4.69) is 16.8 Å². The molecule has 11 heteroatoms. The van der Waals surface area contributed by atoms with Crippen LogP contribution < -0.4 is 21.9 Å². The Kier molecular flexibility index (Phi) is 6.50. The number of aryl methyl sites for hydroxylation is 1. The van der Waals surface area contributed by atoms with Gasteiger partial charge in [-0.2, -0.15) is 4.98 Å². The Labute approximate surface area is 200 Å². The molecular weight excluding hydrogens is 460 g/mol. The van der Waals surface area contributed by atoms with Gasteiger partial charge in [-0.1, -0.05) is 23.6 Å². The van der Waals surface area contributed by atoms with Crippen molar-refractivity contribution in [2.24, 2.45) is 12.8 Å². The van der Waals surface area contributed by atoms with Gasteiger partial charge in [-0.25, -0.2) is 9.59 Å². The molecule has 1 atom stereocenters. The predicted octanol–water partition coefficient (Wildman–Crippen LogP) is 1.25. The quantitative estimate of drug-likeness (QED) is 0.521. The number of imidazole rings is 1. The van der Waals surface area contributed by atoms with E-state index in [1.807, 2.05) is 4.90 Å². The van der Waals surface area contributed by atoms with Crippen molar-refractivity contribution in [2.75, 3.05) is 18.0 Å². The monoisotopic (exact) mass is 484 g/mol. The van der Waals surface area contributed by atoms with Gasteiger partial charge in [-0.05, 0) is 31.9 Å². The highest BCUT2D eigenvalue weighted by molar-refractivity contribution is 6.31. The van der Waals surface area contributed by atoms with E-state index in [1.54, 1.807) is 11.5 Å². The summed E-state index contributed by atoms with van der Waals surface area (Å²) < 4.78 is 3.98. The summed E-state index contributed by atoms with van der Waals surface area (Å²) in [4.78, 5) is 45.2. The van der Waals surface area contributed by atoms with Gasteiger partial charge in [0.2, 0.25) is 5.95 Å². The van der Waals surface area contributed by atoms with Crippen LogP contribution in [0.1, 0.15) is 35.7 Å². The molecule has 1 aliphatic heterocycles. The largest absolute Gasteiger partial charge is 0.478 e. The zero-order valence-corrected chi connectivity index (χ0v) is 19.7. The summed E-state index contributed by atoms with van der Waals surface area (Å²) in [6.07, 6.45) is 1.79. The Hall–Kier alpha value is -3.55. The number of aromatic carboxylic acids is 1. The molecule has 2 aromatic heterocycles. The van der Waals surface area contributed by atoms with Crippen LogP contribution in [0.3, 0.4) is 0 Å². The summed E-state index contributed by atoms with van der Waals surface area (Å²) >= 11 is 6.26. The van der Waals surface area contributed by atoms with Crippen LogP contribution in [0.25, 0.3) is 11.2 Å². The van der Waals surface area contributed by atoms with Gasteiger partial charge in [-0.3, -0.25) is 18.5 Å². The van der Waals surface area contributed by atoms with Gasteiger partial charge in [0.05, 0.1) is 18.7 Å². The van der Waals surface area contributed by atoms with Gasteiger partial charge in [-0.15, -0.1) is 5.92 Å². The van der Waals surface area contributed by atoms with Crippen molar-refractivity contribution < 1.29 is 9.90 Å². The number of aromatic nitrogens is 4. The van der Waals surface area contributed by atoms with Gasteiger partial charge in [0.1, 0.15) is 0 Å². The molecule has 3 aromatic rings. The lowest BCUT2D eigenvalue weighted by atomic mass is 10.1. The van der Waals surface area contributed by atoms with Crippen molar-refractivity contribution >= 4 is 34.7 Å². The van der Waals surface area contributed by atoms with Crippen LogP contribution in [-0.4, -0.2) is 48.9 Å². The van der Waals surface area contributed by atoms with Crippen LogP contribution >= 0.6 is 11.6 Å². The molecule has 34 heavy (non-hydrogen) atoms. The van der Waals surface area contributed by atoms with E-state index < -0.39 is 17.2 Å². The lowest BCUT2D eigenvalue weighted by Crippen LogP contribution is -2.44. The van der Waals surface area contributed by atoms with Crippen LogP contribution in [0.5, 0.6) is 0 Å². The Morgan fingerprint density at radius 2 is 2.09 bits per heavy atom. The zero-order chi connectivity index (χ0) is 24.6. The minimum atomic E-state index is -1.20. The second-order valence-corrected chi connectivity index (χ2v) is 8.66. The summed E-state index contributed by atoms with van der Waals surface area (Å²) in [5, 5.41) is 9.72. The first-order valence-electron chi connectivity index (χ1n) is 10.9. The molecular formula is C23H25ClN6O4. The third-order valence-corrected chi connectivity index (χ3v) is 6.39. The lowest BCUT2D eigenvalue weighted by molar-refractivity contribution is 0.0695. The lowest BCUT2D eigenvalue weighted by Gasteiger charge is -2.31. The van der Waals surface area contributed by atoms with Crippen molar-refractivity contribution in [3.05, 3.63) is 55.2 Å². The van der Waals surface area contributed by atoms with Gasteiger partial charge in [0, 0.05) is 36.8 Å². The molecule has 0 aliphatic carbocycles. The predicted molar refractivity (Wildman–Crippen MR) is 130 cm³/mol. The molecule has 1 saturated heterocycles. The normalized spacial score (nSPS) is 15.9. The fourth-order valence-electron chi connectivity index (χ4n) is 4.32. The minimum absolute atomic E-state index is 0.0191. The van der Waals surface area contributed by atoms with E-state index in [0.29, 0.717) is 12.5 Å². The van der Waals surface area contributed by atoms with E-state index in [4.69, 9.17) is 17.3 Å². The minimum Gasteiger partial charge on any atom is -0.478 e. The molecule has 3 N–H and O–H groups in total. The van der Waals surface area contributed by atoms with Crippen molar-refractivity contribution in [2.45, 2.75) is 38.9 Å². The maximum absolute atomic E-state index is 13.6. The van der Waals surface area contributed by atoms with Crippen molar-refractivity contribution in [3.8, 4) is 11.8 Å². The molecule has 1 fully saturated rings. The number of carbonyl (C=O) groups is 1. The number of rotatable bonds is 5. The molecule has 1 aromatic carbocycles. The van der Waals surface area contributed by atoms with Gasteiger partial charge >= 0.3 is 11.7 Å². The Balaban J connectivity index is 1.96. The van der Waals surface area contributed by atoms with Crippen LogP contribution in [0, 0.1) is 11.8 Å². The molecule has 0 saturated carbocycles. The summed E-state index contributed by atoms with van der Waals surface area (Å²) in [6.45, 7) is 2.91. The Morgan fingerprint density at radius 3 is 2.76 bits per heavy atom. The van der Waals surface area contributed by atoms with Crippen LogP contribution in [0.15, 0.2) is 27.8 Å². The number of piperidine rings is 1. The standard InChI is InChI=1S/C23H25ClN6O4/c1-3-4-11-29-18-19(26-22(29)28-10-6-7-14(25)12-28)27(2)23(34)30(20(18)31)13-16-15(21(32)33)8-5-9-17(16)24/h5,8-9,14H,6-7,10-13,25H2,1-2H3,(H,32,33)/t14-/m1/s1. The fraction of sp³-hybridized carbons (Fsp3) is 0.391. The van der Waals surface area contributed by atoms with E-state index in [0.717, 1.165) is 24.0 Å². The molecule has 0 spiro atoms. The highest BCUT2D eigenvalue weighted by Crippen LogP contribution is 2.24. The first kappa shape index (κ1) is 23.6. The maximum Gasteiger partial charge on any atom is 0.336 e. The molecule has 3 heterocycles.